The molecule has 3 rings (SSSR count). The van der Waals surface area contributed by atoms with Gasteiger partial charge in [0.15, 0.2) is 11.0 Å². The number of hydrogen-bond donors (Lipinski definition) is 2. The molecule has 1 aromatic heterocycles. The first-order valence-electron chi connectivity index (χ1n) is 10.2. The van der Waals surface area contributed by atoms with E-state index in [4.69, 9.17) is 0 Å². The zero-order valence-electron chi connectivity index (χ0n) is 18.5. The molecule has 0 aliphatic rings. The van der Waals surface area contributed by atoms with Crippen LogP contribution in [-0.2, 0) is 17.9 Å². The molecular formula is C22H24N6O4S. The number of rotatable bonds is 9. The number of hydrogen-bond acceptors (Lipinski definition) is 7. The van der Waals surface area contributed by atoms with Crippen LogP contribution in [0.2, 0.25) is 0 Å². The summed E-state index contributed by atoms with van der Waals surface area (Å²) in [4.78, 5) is 35.1. The molecular weight excluding hydrogens is 444 g/mol. The van der Waals surface area contributed by atoms with E-state index in [1.54, 1.807) is 19.1 Å². The maximum absolute atomic E-state index is 12.4. The number of non-ortho nitro benzene ring substituents is 1. The number of benzene rings is 2. The smallest absolute Gasteiger partial charge is 0.269 e. The summed E-state index contributed by atoms with van der Waals surface area (Å²) in [5.74, 6) is 0.209. The molecule has 0 atom stereocenters. The molecule has 11 heteroatoms. The average Bonchev–Trinajstić information content (AvgIpc) is 3.19. The maximum atomic E-state index is 12.4. The Kier molecular flexibility index (Phi) is 7.78. The van der Waals surface area contributed by atoms with Crippen molar-refractivity contribution in [2.45, 2.75) is 39.0 Å². The summed E-state index contributed by atoms with van der Waals surface area (Å²) < 4.78 is 1.84. The van der Waals surface area contributed by atoms with Crippen molar-refractivity contribution in [3.63, 3.8) is 0 Å². The summed E-state index contributed by atoms with van der Waals surface area (Å²) in [6.07, 6.45) is 0. The van der Waals surface area contributed by atoms with Gasteiger partial charge in [0.1, 0.15) is 0 Å². The SMILES string of the molecule is CCn1c(CNC(=O)c2ccc(C)cc2)nnc1SCC(=O)Nc1ccc([N+](=O)[O-])cc1C. The number of carbonyl (C=O) groups excluding carboxylic acids is 2. The summed E-state index contributed by atoms with van der Waals surface area (Å²) in [7, 11) is 0. The molecule has 0 saturated carbocycles. The van der Waals surface area contributed by atoms with E-state index in [-0.39, 0.29) is 29.8 Å². The molecule has 2 N–H and O–H groups in total. The van der Waals surface area contributed by atoms with Gasteiger partial charge in [0.2, 0.25) is 5.91 Å². The van der Waals surface area contributed by atoms with Crippen LogP contribution in [0.1, 0.15) is 34.2 Å². The molecule has 0 spiro atoms. The van der Waals surface area contributed by atoms with Gasteiger partial charge >= 0.3 is 0 Å². The number of carbonyl (C=O) groups is 2. The highest BCUT2D eigenvalue weighted by molar-refractivity contribution is 7.99. The number of aryl methyl sites for hydroxylation is 2. The fraction of sp³-hybridized carbons (Fsp3) is 0.273. The van der Waals surface area contributed by atoms with Crippen molar-refractivity contribution in [1.29, 1.82) is 0 Å². The molecule has 0 unspecified atom stereocenters. The normalized spacial score (nSPS) is 10.6. The van der Waals surface area contributed by atoms with E-state index >= 15 is 0 Å². The van der Waals surface area contributed by atoms with Gasteiger partial charge in [-0.25, -0.2) is 0 Å². The van der Waals surface area contributed by atoms with E-state index in [9.17, 15) is 19.7 Å². The fourth-order valence-electron chi connectivity index (χ4n) is 3.06. The first kappa shape index (κ1) is 23.9. The number of thioether (sulfide) groups is 1. The van der Waals surface area contributed by atoms with Crippen LogP contribution in [0.15, 0.2) is 47.6 Å². The van der Waals surface area contributed by atoms with Gasteiger partial charge in [0, 0.05) is 29.9 Å². The number of nitrogens with one attached hydrogen (secondary N) is 2. The van der Waals surface area contributed by atoms with Crippen LogP contribution in [0, 0.1) is 24.0 Å². The number of amides is 2. The van der Waals surface area contributed by atoms with Crippen molar-refractivity contribution in [2.24, 2.45) is 0 Å². The van der Waals surface area contributed by atoms with E-state index < -0.39 is 4.92 Å². The van der Waals surface area contributed by atoms with Crippen LogP contribution < -0.4 is 10.6 Å². The molecule has 2 aromatic carbocycles. The Morgan fingerprint density at radius 3 is 2.48 bits per heavy atom. The monoisotopic (exact) mass is 468 g/mol. The number of nitro benzene ring substituents is 1. The lowest BCUT2D eigenvalue weighted by Crippen LogP contribution is -2.24. The minimum Gasteiger partial charge on any atom is -0.345 e. The van der Waals surface area contributed by atoms with Crippen molar-refractivity contribution in [1.82, 2.24) is 20.1 Å². The van der Waals surface area contributed by atoms with Crippen molar-refractivity contribution in [3.8, 4) is 0 Å². The Bertz CT molecular complexity index is 1180. The average molecular weight is 469 g/mol. The lowest BCUT2D eigenvalue weighted by Gasteiger charge is -2.10. The molecule has 0 fully saturated rings. The zero-order valence-corrected chi connectivity index (χ0v) is 19.3. The van der Waals surface area contributed by atoms with Gasteiger partial charge < -0.3 is 15.2 Å². The predicted molar refractivity (Wildman–Crippen MR) is 125 cm³/mol. The van der Waals surface area contributed by atoms with Crippen LogP contribution in [0.5, 0.6) is 0 Å². The standard InChI is InChI=1S/C22H24N6O4S/c1-4-27-19(12-23-21(30)16-7-5-14(2)6-8-16)25-26-22(27)33-13-20(29)24-18-10-9-17(28(31)32)11-15(18)3/h5-11H,4,12-13H2,1-3H3,(H,23,30)(H,24,29). The molecule has 10 nitrogen and oxygen atoms in total. The fourth-order valence-corrected chi connectivity index (χ4v) is 3.88. The Morgan fingerprint density at radius 1 is 1.12 bits per heavy atom. The second-order valence-corrected chi connectivity index (χ2v) is 8.23. The van der Waals surface area contributed by atoms with Crippen molar-refractivity contribution >= 4 is 35.0 Å². The Labute approximate surface area is 194 Å². The molecule has 0 bridgehead atoms. The van der Waals surface area contributed by atoms with Crippen LogP contribution in [0.25, 0.3) is 0 Å². The Morgan fingerprint density at radius 2 is 1.85 bits per heavy atom. The highest BCUT2D eigenvalue weighted by atomic mass is 32.2. The van der Waals surface area contributed by atoms with E-state index in [2.05, 4.69) is 20.8 Å². The number of anilines is 1. The molecule has 0 radical (unpaired) electrons. The first-order valence-corrected chi connectivity index (χ1v) is 11.2. The minimum atomic E-state index is -0.479. The van der Waals surface area contributed by atoms with Gasteiger partial charge in [-0.05, 0) is 44.5 Å². The molecule has 0 aliphatic carbocycles. The van der Waals surface area contributed by atoms with Crippen molar-refractivity contribution in [2.75, 3.05) is 11.1 Å². The molecule has 1 heterocycles. The van der Waals surface area contributed by atoms with Crippen LogP contribution in [0.3, 0.4) is 0 Å². The third kappa shape index (κ3) is 6.16. The largest absolute Gasteiger partial charge is 0.345 e. The Balaban J connectivity index is 1.57. The third-order valence-electron chi connectivity index (χ3n) is 4.86. The van der Waals surface area contributed by atoms with Gasteiger partial charge in [-0.2, -0.15) is 0 Å². The maximum Gasteiger partial charge on any atom is 0.269 e. The molecule has 172 valence electrons. The topological polar surface area (TPSA) is 132 Å². The molecule has 0 saturated heterocycles. The third-order valence-corrected chi connectivity index (χ3v) is 5.82. The lowest BCUT2D eigenvalue weighted by molar-refractivity contribution is -0.384. The summed E-state index contributed by atoms with van der Waals surface area (Å²) in [5.41, 5.74) is 2.73. The summed E-state index contributed by atoms with van der Waals surface area (Å²) >= 11 is 1.22. The minimum absolute atomic E-state index is 0.0297. The van der Waals surface area contributed by atoms with Gasteiger partial charge in [-0.15, -0.1) is 10.2 Å². The van der Waals surface area contributed by atoms with Gasteiger partial charge in [-0.3, -0.25) is 19.7 Å². The molecule has 2 amide bonds. The highest BCUT2D eigenvalue weighted by Gasteiger charge is 2.15. The second kappa shape index (κ2) is 10.7. The Hall–Kier alpha value is -3.73. The van der Waals surface area contributed by atoms with Crippen molar-refractivity contribution in [3.05, 3.63) is 75.1 Å². The number of nitrogens with zero attached hydrogens (tertiary/aromatic N) is 4. The summed E-state index contributed by atoms with van der Waals surface area (Å²) in [5, 5.41) is 25.3. The van der Waals surface area contributed by atoms with E-state index in [1.165, 1.54) is 30.0 Å². The number of aromatic nitrogens is 3. The highest BCUT2D eigenvalue weighted by Crippen LogP contribution is 2.22. The molecule has 33 heavy (non-hydrogen) atoms. The number of nitro groups is 1. The predicted octanol–water partition coefficient (Wildman–Crippen LogP) is 3.48. The lowest BCUT2D eigenvalue weighted by atomic mass is 10.1. The van der Waals surface area contributed by atoms with Gasteiger partial charge in [-0.1, -0.05) is 29.5 Å². The van der Waals surface area contributed by atoms with Crippen LogP contribution in [-0.4, -0.2) is 37.3 Å². The van der Waals surface area contributed by atoms with Gasteiger partial charge in [0.05, 0.1) is 17.2 Å². The van der Waals surface area contributed by atoms with E-state index in [0.29, 0.717) is 34.3 Å². The molecule has 0 aliphatic heterocycles. The van der Waals surface area contributed by atoms with Crippen LogP contribution in [0.4, 0.5) is 11.4 Å². The second-order valence-electron chi connectivity index (χ2n) is 7.28. The van der Waals surface area contributed by atoms with Gasteiger partial charge in [0.25, 0.3) is 11.6 Å². The van der Waals surface area contributed by atoms with E-state index in [1.807, 2.05) is 30.5 Å². The summed E-state index contributed by atoms with van der Waals surface area (Å²) in [6.45, 7) is 6.37. The quantitative estimate of drug-likeness (QED) is 0.279. The summed E-state index contributed by atoms with van der Waals surface area (Å²) in [6, 6.07) is 11.6. The van der Waals surface area contributed by atoms with E-state index in [0.717, 1.165) is 5.56 Å². The molecule has 3 aromatic rings. The van der Waals surface area contributed by atoms with Crippen LogP contribution >= 0.6 is 11.8 Å². The zero-order chi connectivity index (χ0) is 24.0. The van der Waals surface area contributed by atoms with Crippen molar-refractivity contribution < 1.29 is 14.5 Å². The first-order chi connectivity index (χ1) is 15.8.